The fourth-order valence-electron chi connectivity index (χ4n) is 2.00. The van der Waals surface area contributed by atoms with Gasteiger partial charge >= 0.3 is 5.97 Å². The SMILES string of the molecule is CCCC(C)N(C)c1nnc(SCC(=O)O)n1CCC. The predicted octanol–water partition coefficient (Wildman–Crippen LogP) is 2.49. The van der Waals surface area contributed by atoms with E-state index in [1.54, 1.807) is 0 Å². The Hall–Kier alpha value is -1.24. The van der Waals surface area contributed by atoms with Crippen molar-refractivity contribution < 1.29 is 9.90 Å². The van der Waals surface area contributed by atoms with Crippen LogP contribution in [0.15, 0.2) is 5.16 Å². The molecule has 20 heavy (non-hydrogen) atoms. The lowest BCUT2D eigenvalue weighted by Crippen LogP contribution is -2.31. The highest BCUT2D eigenvalue weighted by Gasteiger charge is 2.19. The Labute approximate surface area is 124 Å². The second-order valence-electron chi connectivity index (χ2n) is 4.87. The number of rotatable bonds is 9. The summed E-state index contributed by atoms with van der Waals surface area (Å²) < 4.78 is 2.01. The van der Waals surface area contributed by atoms with Crippen molar-refractivity contribution >= 4 is 23.7 Å². The van der Waals surface area contributed by atoms with Crippen LogP contribution in [-0.2, 0) is 11.3 Å². The summed E-state index contributed by atoms with van der Waals surface area (Å²) in [6.07, 6.45) is 3.17. The number of aliphatic carboxylic acids is 1. The van der Waals surface area contributed by atoms with E-state index in [2.05, 4.69) is 35.9 Å². The number of thioether (sulfide) groups is 1. The Morgan fingerprint density at radius 1 is 1.40 bits per heavy atom. The molecule has 6 nitrogen and oxygen atoms in total. The first-order chi connectivity index (χ1) is 9.51. The molecule has 1 atom stereocenters. The fourth-order valence-corrected chi connectivity index (χ4v) is 2.68. The molecule has 1 N–H and O–H groups in total. The van der Waals surface area contributed by atoms with E-state index in [4.69, 9.17) is 5.11 Å². The van der Waals surface area contributed by atoms with Gasteiger partial charge in [0.1, 0.15) is 0 Å². The first-order valence-corrected chi connectivity index (χ1v) is 8.00. The summed E-state index contributed by atoms with van der Waals surface area (Å²) in [5.74, 6) is -0.00760. The van der Waals surface area contributed by atoms with Crippen LogP contribution in [0, 0.1) is 0 Å². The number of nitrogens with zero attached hydrogens (tertiary/aromatic N) is 4. The van der Waals surface area contributed by atoms with Crippen LogP contribution in [0.25, 0.3) is 0 Å². The zero-order chi connectivity index (χ0) is 15.1. The smallest absolute Gasteiger partial charge is 0.313 e. The van der Waals surface area contributed by atoms with Gasteiger partial charge in [-0.15, -0.1) is 10.2 Å². The number of carboxylic acids is 1. The molecule has 7 heteroatoms. The summed E-state index contributed by atoms with van der Waals surface area (Å²) >= 11 is 1.22. The minimum Gasteiger partial charge on any atom is -0.481 e. The Morgan fingerprint density at radius 2 is 2.10 bits per heavy atom. The predicted molar refractivity (Wildman–Crippen MR) is 81.4 cm³/mol. The highest BCUT2D eigenvalue weighted by atomic mass is 32.2. The summed E-state index contributed by atoms with van der Waals surface area (Å²) in [6.45, 7) is 7.21. The van der Waals surface area contributed by atoms with Crippen molar-refractivity contribution in [2.24, 2.45) is 0 Å². The Bertz CT molecular complexity index is 436. The highest BCUT2D eigenvalue weighted by Crippen LogP contribution is 2.23. The third kappa shape index (κ3) is 4.40. The van der Waals surface area contributed by atoms with Gasteiger partial charge in [-0.05, 0) is 19.8 Å². The van der Waals surface area contributed by atoms with E-state index in [1.165, 1.54) is 11.8 Å². The van der Waals surface area contributed by atoms with Crippen molar-refractivity contribution in [3.05, 3.63) is 0 Å². The van der Waals surface area contributed by atoms with E-state index in [1.807, 2.05) is 11.6 Å². The van der Waals surface area contributed by atoms with Crippen molar-refractivity contribution in [1.82, 2.24) is 14.8 Å². The largest absolute Gasteiger partial charge is 0.481 e. The number of anilines is 1. The maximum atomic E-state index is 10.7. The van der Waals surface area contributed by atoms with E-state index >= 15 is 0 Å². The quantitative estimate of drug-likeness (QED) is 0.706. The molecule has 1 rings (SSSR count). The molecule has 0 saturated carbocycles. The maximum absolute atomic E-state index is 10.7. The van der Waals surface area contributed by atoms with Gasteiger partial charge in [0.2, 0.25) is 5.95 Å². The molecule has 0 amide bonds. The van der Waals surface area contributed by atoms with Crippen LogP contribution in [-0.4, -0.2) is 44.7 Å². The molecule has 0 aliphatic heterocycles. The third-order valence-corrected chi connectivity index (χ3v) is 4.10. The molecule has 1 heterocycles. The molecule has 1 aromatic heterocycles. The van der Waals surface area contributed by atoms with Crippen LogP contribution in [0.1, 0.15) is 40.0 Å². The lowest BCUT2D eigenvalue weighted by atomic mass is 10.2. The van der Waals surface area contributed by atoms with Gasteiger partial charge in [-0.1, -0.05) is 32.0 Å². The monoisotopic (exact) mass is 300 g/mol. The number of carboxylic acid groups (broad SMARTS) is 1. The Balaban J connectivity index is 2.92. The van der Waals surface area contributed by atoms with Gasteiger partial charge < -0.3 is 10.0 Å². The topological polar surface area (TPSA) is 71.2 Å². The Kier molecular flexibility index (Phi) is 6.84. The van der Waals surface area contributed by atoms with Gasteiger partial charge in [-0.3, -0.25) is 9.36 Å². The van der Waals surface area contributed by atoms with Crippen LogP contribution in [0.3, 0.4) is 0 Å². The molecule has 0 fully saturated rings. The molecular formula is C13H24N4O2S. The van der Waals surface area contributed by atoms with Gasteiger partial charge in [-0.2, -0.15) is 0 Å². The molecular weight excluding hydrogens is 276 g/mol. The van der Waals surface area contributed by atoms with Crippen LogP contribution in [0.4, 0.5) is 5.95 Å². The average Bonchev–Trinajstić information content (AvgIpc) is 2.79. The Morgan fingerprint density at radius 3 is 2.65 bits per heavy atom. The van der Waals surface area contributed by atoms with Gasteiger partial charge in [0.05, 0.1) is 5.75 Å². The van der Waals surface area contributed by atoms with E-state index < -0.39 is 5.97 Å². The zero-order valence-corrected chi connectivity index (χ0v) is 13.5. The fraction of sp³-hybridized carbons (Fsp3) is 0.769. The lowest BCUT2D eigenvalue weighted by Gasteiger charge is -2.25. The second-order valence-corrected chi connectivity index (χ2v) is 5.81. The van der Waals surface area contributed by atoms with Gasteiger partial charge in [0, 0.05) is 19.6 Å². The first kappa shape index (κ1) is 16.8. The van der Waals surface area contributed by atoms with Crippen LogP contribution >= 0.6 is 11.8 Å². The lowest BCUT2D eigenvalue weighted by molar-refractivity contribution is -0.133. The highest BCUT2D eigenvalue weighted by molar-refractivity contribution is 7.99. The van der Waals surface area contributed by atoms with Gasteiger partial charge in [0.15, 0.2) is 5.16 Å². The summed E-state index contributed by atoms with van der Waals surface area (Å²) in [4.78, 5) is 12.8. The standard InChI is InChI=1S/C13H24N4O2S/c1-5-7-10(3)16(4)12-14-15-13(17(12)8-6-2)20-9-11(18)19/h10H,5-9H2,1-4H3,(H,18,19). The molecule has 1 unspecified atom stereocenters. The molecule has 0 bridgehead atoms. The number of aromatic nitrogens is 3. The number of carbonyl (C=O) groups is 1. The number of hydrogen-bond acceptors (Lipinski definition) is 5. The molecule has 0 aliphatic carbocycles. The van der Waals surface area contributed by atoms with Crippen molar-refractivity contribution in [2.75, 3.05) is 17.7 Å². The second kappa shape index (κ2) is 8.14. The first-order valence-electron chi connectivity index (χ1n) is 7.01. The van der Waals surface area contributed by atoms with Crippen molar-refractivity contribution in [3.8, 4) is 0 Å². The maximum Gasteiger partial charge on any atom is 0.313 e. The molecule has 0 aliphatic rings. The van der Waals surface area contributed by atoms with Crippen molar-refractivity contribution in [3.63, 3.8) is 0 Å². The average molecular weight is 300 g/mol. The molecule has 1 aromatic rings. The molecule has 0 spiro atoms. The summed E-state index contributed by atoms with van der Waals surface area (Å²) in [5.41, 5.74) is 0. The van der Waals surface area contributed by atoms with Crippen molar-refractivity contribution in [2.45, 2.75) is 57.8 Å². The van der Waals surface area contributed by atoms with Crippen LogP contribution in [0.5, 0.6) is 0 Å². The number of hydrogen-bond donors (Lipinski definition) is 1. The minimum absolute atomic E-state index is 0.01000. The zero-order valence-electron chi connectivity index (χ0n) is 12.7. The van der Waals surface area contributed by atoms with Crippen LogP contribution in [0.2, 0.25) is 0 Å². The van der Waals surface area contributed by atoms with E-state index in [0.717, 1.165) is 31.8 Å². The normalized spacial score (nSPS) is 12.4. The molecule has 114 valence electrons. The molecule has 0 radical (unpaired) electrons. The summed E-state index contributed by atoms with van der Waals surface area (Å²) in [5, 5.41) is 17.8. The van der Waals surface area contributed by atoms with E-state index in [0.29, 0.717) is 11.2 Å². The van der Waals surface area contributed by atoms with E-state index in [-0.39, 0.29) is 5.75 Å². The summed E-state index contributed by atoms with van der Waals surface area (Å²) in [7, 11) is 2.02. The van der Waals surface area contributed by atoms with Crippen molar-refractivity contribution in [1.29, 1.82) is 0 Å². The minimum atomic E-state index is -0.838. The summed E-state index contributed by atoms with van der Waals surface area (Å²) in [6, 6.07) is 0.386. The third-order valence-electron chi connectivity index (χ3n) is 3.15. The molecule has 0 aromatic carbocycles. The van der Waals surface area contributed by atoms with Crippen LogP contribution < -0.4 is 4.90 Å². The van der Waals surface area contributed by atoms with Gasteiger partial charge in [0.25, 0.3) is 0 Å². The molecule has 0 saturated heterocycles. The van der Waals surface area contributed by atoms with E-state index in [9.17, 15) is 4.79 Å². The van der Waals surface area contributed by atoms with Gasteiger partial charge in [-0.25, -0.2) is 0 Å².